The molecule has 68 heavy (non-hydrogen) atoms. The Bertz CT molecular complexity index is 1330. The molecule has 15 nitrogen and oxygen atoms in total. The minimum atomic E-state index is -1.77. The van der Waals surface area contributed by atoms with Gasteiger partial charge in [0.1, 0.15) is 55.4 Å². The summed E-state index contributed by atoms with van der Waals surface area (Å²) in [6.45, 7) is 2.55. The van der Waals surface area contributed by atoms with Crippen molar-refractivity contribution in [1.29, 1.82) is 0 Å². The number of hydrogen-bond acceptors (Lipinski definition) is 15. The molecular weight excluding hydrogens is 877 g/mol. The molecule has 7 N–H and O–H groups in total. The summed E-state index contributed by atoms with van der Waals surface area (Å²) in [4.78, 5) is 25.8. The maximum absolute atomic E-state index is 13.0. The van der Waals surface area contributed by atoms with Gasteiger partial charge in [-0.05, 0) is 70.6 Å². The molecule has 0 bridgehead atoms. The van der Waals surface area contributed by atoms with Gasteiger partial charge in [-0.1, -0.05) is 147 Å². The van der Waals surface area contributed by atoms with Crippen LogP contribution in [0.2, 0.25) is 0 Å². The topological polar surface area (TPSA) is 231 Å². The molecule has 0 radical (unpaired) electrons. The number of rotatable bonds is 41. The predicted octanol–water partition coefficient (Wildman–Crippen LogP) is 7.71. The number of aliphatic hydroxyl groups excluding tert-OH is 7. The van der Waals surface area contributed by atoms with E-state index in [-0.39, 0.29) is 19.4 Å². The van der Waals surface area contributed by atoms with Gasteiger partial charge >= 0.3 is 11.9 Å². The van der Waals surface area contributed by atoms with Crippen molar-refractivity contribution < 1.29 is 73.8 Å². The number of ether oxygens (including phenoxy) is 6. The largest absolute Gasteiger partial charge is 0.462 e. The number of carbonyl (C=O) groups excluding carboxylic acids is 2. The van der Waals surface area contributed by atoms with Crippen LogP contribution in [-0.2, 0) is 38.0 Å². The molecular formula is C53H94O15. The van der Waals surface area contributed by atoms with Gasteiger partial charge in [0.25, 0.3) is 0 Å². The van der Waals surface area contributed by atoms with Gasteiger partial charge in [-0.3, -0.25) is 9.59 Å². The van der Waals surface area contributed by atoms with Gasteiger partial charge < -0.3 is 64.2 Å². The van der Waals surface area contributed by atoms with Gasteiger partial charge in [-0.25, -0.2) is 0 Å². The summed E-state index contributed by atoms with van der Waals surface area (Å²) in [7, 11) is 0. The van der Waals surface area contributed by atoms with E-state index in [2.05, 4.69) is 50.3 Å². The molecule has 2 rings (SSSR count). The molecule has 2 fully saturated rings. The van der Waals surface area contributed by atoms with Crippen molar-refractivity contribution in [2.24, 2.45) is 0 Å². The summed E-state index contributed by atoms with van der Waals surface area (Å²) in [6.07, 6.45) is 26.0. The van der Waals surface area contributed by atoms with Crippen LogP contribution < -0.4 is 0 Å². The monoisotopic (exact) mass is 971 g/mol. The van der Waals surface area contributed by atoms with Crippen molar-refractivity contribution in [3.8, 4) is 0 Å². The first-order valence-electron chi connectivity index (χ1n) is 26.6. The standard InChI is InChI=1S/C53H94O15/c1-3-5-7-9-11-13-15-17-19-20-22-24-26-28-30-32-34-36-45(56)66-41(38-63-44(55)35-33-31-29-27-25-23-21-18-16-14-12-10-8-6-4-2)39-64-52-51(62)49(60)47(58)43(68-52)40-65-53-50(61)48(59)46(57)42(37-54)67-53/h17-19,21,25,27,41-43,46-54,57-62H,3-16,20,22-24,26,28-40H2,1-2H3/b19-17+,21-18+,27-25+/t41-,42+,43+,46-,47-,48?,49?,50?,51?,52+,53+/m1/s1. The first-order valence-corrected chi connectivity index (χ1v) is 26.6. The fourth-order valence-corrected chi connectivity index (χ4v) is 8.18. The van der Waals surface area contributed by atoms with Crippen LogP contribution in [0.4, 0.5) is 0 Å². The van der Waals surface area contributed by atoms with E-state index in [4.69, 9.17) is 28.4 Å². The number of aliphatic hydroxyl groups is 7. The minimum Gasteiger partial charge on any atom is -0.462 e. The molecule has 0 amide bonds. The molecule has 15 heteroatoms. The van der Waals surface area contributed by atoms with Crippen molar-refractivity contribution in [3.63, 3.8) is 0 Å². The third-order valence-electron chi connectivity index (χ3n) is 12.6. The van der Waals surface area contributed by atoms with Gasteiger partial charge in [0.05, 0.1) is 19.8 Å². The highest BCUT2D eigenvalue weighted by Crippen LogP contribution is 2.26. The van der Waals surface area contributed by atoms with Crippen LogP contribution in [0.25, 0.3) is 0 Å². The van der Waals surface area contributed by atoms with Crippen molar-refractivity contribution in [3.05, 3.63) is 36.5 Å². The Hall–Kier alpha value is -2.28. The minimum absolute atomic E-state index is 0.154. The van der Waals surface area contributed by atoms with E-state index in [0.29, 0.717) is 12.8 Å². The summed E-state index contributed by atoms with van der Waals surface area (Å²) < 4.78 is 33.6. The fourth-order valence-electron chi connectivity index (χ4n) is 8.18. The van der Waals surface area contributed by atoms with Gasteiger partial charge in [0.15, 0.2) is 18.7 Å². The van der Waals surface area contributed by atoms with Crippen molar-refractivity contribution >= 4 is 11.9 Å². The molecule has 0 saturated carbocycles. The van der Waals surface area contributed by atoms with E-state index in [9.17, 15) is 45.3 Å². The van der Waals surface area contributed by atoms with Gasteiger partial charge in [-0.2, -0.15) is 0 Å². The number of carbonyl (C=O) groups is 2. The highest BCUT2D eigenvalue weighted by Gasteiger charge is 2.47. The Morgan fingerprint density at radius 2 is 0.882 bits per heavy atom. The first-order chi connectivity index (χ1) is 33.0. The molecule has 0 aromatic rings. The third-order valence-corrected chi connectivity index (χ3v) is 12.6. The lowest BCUT2D eigenvalue weighted by Gasteiger charge is -2.42. The van der Waals surface area contributed by atoms with Crippen LogP contribution in [0.5, 0.6) is 0 Å². The Balaban J connectivity index is 1.82. The van der Waals surface area contributed by atoms with Crippen molar-refractivity contribution in [2.75, 3.05) is 26.4 Å². The summed E-state index contributed by atoms with van der Waals surface area (Å²) >= 11 is 0. The number of esters is 2. The smallest absolute Gasteiger partial charge is 0.306 e. The average Bonchev–Trinajstić information content (AvgIpc) is 3.33. The van der Waals surface area contributed by atoms with E-state index in [1.54, 1.807) is 0 Å². The van der Waals surface area contributed by atoms with Crippen LogP contribution in [0.15, 0.2) is 36.5 Å². The molecule has 2 heterocycles. The second kappa shape index (κ2) is 40.3. The molecule has 11 atom stereocenters. The summed E-state index contributed by atoms with van der Waals surface area (Å²) in [5.41, 5.74) is 0. The van der Waals surface area contributed by atoms with E-state index >= 15 is 0 Å². The summed E-state index contributed by atoms with van der Waals surface area (Å²) in [5, 5.41) is 72.1. The zero-order chi connectivity index (χ0) is 49.6. The lowest BCUT2D eigenvalue weighted by Crippen LogP contribution is -2.61. The van der Waals surface area contributed by atoms with Gasteiger partial charge in [-0.15, -0.1) is 0 Å². The Labute approximate surface area is 408 Å². The van der Waals surface area contributed by atoms with Crippen molar-refractivity contribution in [1.82, 2.24) is 0 Å². The zero-order valence-corrected chi connectivity index (χ0v) is 41.8. The van der Waals surface area contributed by atoms with Crippen molar-refractivity contribution in [2.45, 2.75) is 261 Å². The Morgan fingerprint density at radius 3 is 1.41 bits per heavy atom. The van der Waals surface area contributed by atoms with Crippen LogP contribution in [0, 0.1) is 0 Å². The van der Waals surface area contributed by atoms with E-state index in [1.165, 1.54) is 96.3 Å². The third kappa shape index (κ3) is 27.9. The molecule has 0 spiro atoms. The fraction of sp³-hybridized carbons (Fsp3) is 0.849. The normalized spacial score (nSPS) is 26.0. The number of unbranched alkanes of at least 4 members (excludes halogenated alkanes) is 21. The number of allylic oxidation sites excluding steroid dienone is 6. The summed E-state index contributed by atoms with van der Waals surface area (Å²) in [6, 6.07) is 0. The van der Waals surface area contributed by atoms with Gasteiger partial charge in [0, 0.05) is 12.8 Å². The molecule has 0 aromatic heterocycles. The molecule has 2 saturated heterocycles. The second-order valence-corrected chi connectivity index (χ2v) is 18.7. The molecule has 396 valence electrons. The van der Waals surface area contributed by atoms with E-state index in [1.807, 2.05) is 0 Å². The van der Waals surface area contributed by atoms with E-state index < -0.39 is 99.3 Å². The SMILES string of the molecule is CCCCCCCC/C=C/C/C=C/CCCCC(=O)OC[C@H](CO[C@H]1O[C@@H](CO[C@H]2O[C@@H](CO)[C@@H](O)C(O)C2O)[C@@H](O)C(O)C1O)OC(=O)CCCCCCCCC/C=C/CCCCCCCC. The van der Waals surface area contributed by atoms with Crippen LogP contribution in [-0.4, -0.2) is 142 Å². The van der Waals surface area contributed by atoms with E-state index in [0.717, 1.165) is 57.8 Å². The predicted molar refractivity (Wildman–Crippen MR) is 261 cm³/mol. The lowest BCUT2D eigenvalue weighted by molar-refractivity contribution is -0.332. The highest BCUT2D eigenvalue weighted by atomic mass is 16.7. The number of hydrogen-bond donors (Lipinski definition) is 7. The second-order valence-electron chi connectivity index (χ2n) is 18.7. The first kappa shape index (κ1) is 61.8. The van der Waals surface area contributed by atoms with Crippen LogP contribution in [0.1, 0.15) is 194 Å². The molecule has 2 aliphatic rings. The molecule has 0 aromatic carbocycles. The zero-order valence-electron chi connectivity index (χ0n) is 41.8. The average molecular weight is 971 g/mol. The lowest BCUT2D eigenvalue weighted by atomic mass is 9.98. The molecule has 0 aliphatic carbocycles. The highest BCUT2D eigenvalue weighted by molar-refractivity contribution is 5.70. The van der Waals surface area contributed by atoms with Crippen LogP contribution in [0.3, 0.4) is 0 Å². The quantitative estimate of drug-likeness (QED) is 0.0177. The Morgan fingerprint density at radius 1 is 0.471 bits per heavy atom. The maximum Gasteiger partial charge on any atom is 0.306 e. The van der Waals surface area contributed by atoms with Gasteiger partial charge in [0.2, 0.25) is 0 Å². The maximum atomic E-state index is 13.0. The molecule has 4 unspecified atom stereocenters. The summed E-state index contributed by atoms with van der Waals surface area (Å²) in [5.74, 6) is -0.965. The molecule has 2 aliphatic heterocycles. The van der Waals surface area contributed by atoms with Crippen LogP contribution >= 0.6 is 0 Å². The Kier molecular flexibility index (Phi) is 36.7.